The molecule has 0 aliphatic heterocycles. The van der Waals surface area contributed by atoms with Crippen molar-refractivity contribution in [1.82, 2.24) is 4.98 Å². The number of anilines is 1. The summed E-state index contributed by atoms with van der Waals surface area (Å²) in [6.07, 6.45) is 1.76. The van der Waals surface area contributed by atoms with E-state index in [1.54, 1.807) is 6.20 Å². The molecule has 0 amide bonds. The van der Waals surface area contributed by atoms with Gasteiger partial charge < -0.3 is 16.4 Å². The van der Waals surface area contributed by atoms with E-state index in [0.717, 1.165) is 12.4 Å². The van der Waals surface area contributed by atoms with Crippen LogP contribution in [0, 0.1) is 0 Å². The number of likely N-dealkylation sites (N-methyl/N-ethyl adjacent to an activating group) is 1. The maximum Gasteiger partial charge on any atom is 0.128 e. The SMILES string of the molecule is CN(CC(N)CN)c1ccccn1. The minimum Gasteiger partial charge on any atom is -0.358 e. The highest BCUT2D eigenvalue weighted by Gasteiger charge is 2.05. The van der Waals surface area contributed by atoms with E-state index < -0.39 is 0 Å². The summed E-state index contributed by atoms with van der Waals surface area (Å²) in [5.74, 6) is 0.923. The van der Waals surface area contributed by atoms with Gasteiger partial charge in [-0.1, -0.05) is 6.07 Å². The summed E-state index contributed by atoms with van der Waals surface area (Å²) in [7, 11) is 1.96. The third-order valence-corrected chi connectivity index (χ3v) is 1.85. The van der Waals surface area contributed by atoms with Gasteiger partial charge in [-0.3, -0.25) is 0 Å². The Morgan fingerprint density at radius 1 is 1.54 bits per heavy atom. The van der Waals surface area contributed by atoms with E-state index in [0.29, 0.717) is 6.54 Å². The molecule has 0 fully saturated rings. The monoisotopic (exact) mass is 180 g/mol. The Hall–Kier alpha value is -1.13. The van der Waals surface area contributed by atoms with Crippen LogP contribution in [-0.2, 0) is 0 Å². The molecule has 1 atom stereocenters. The molecule has 1 unspecified atom stereocenters. The number of nitrogens with two attached hydrogens (primary N) is 2. The Balaban J connectivity index is 2.53. The predicted molar refractivity (Wildman–Crippen MR) is 54.5 cm³/mol. The first-order chi connectivity index (χ1) is 6.24. The summed E-state index contributed by atoms with van der Waals surface area (Å²) in [4.78, 5) is 6.19. The molecule has 1 aromatic heterocycles. The lowest BCUT2D eigenvalue weighted by molar-refractivity contribution is 0.664. The van der Waals surface area contributed by atoms with Crippen molar-refractivity contribution in [2.24, 2.45) is 11.5 Å². The van der Waals surface area contributed by atoms with Gasteiger partial charge in [0.1, 0.15) is 5.82 Å². The van der Waals surface area contributed by atoms with Crippen molar-refractivity contribution in [1.29, 1.82) is 0 Å². The van der Waals surface area contributed by atoms with Gasteiger partial charge in [0.2, 0.25) is 0 Å². The topological polar surface area (TPSA) is 68.2 Å². The molecule has 0 aromatic carbocycles. The van der Waals surface area contributed by atoms with Crippen LogP contribution in [0.3, 0.4) is 0 Å². The molecule has 0 saturated carbocycles. The highest BCUT2D eigenvalue weighted by molar-refractivity contribution is 5.36. The summed E-state index contributed by atoms with van der Waals surface area (Å²) < 4.78 is 0. The van der Waals surface area contributed by atoms with Crippen molar-refractivity contribution >= 4 is 5.82 Å². The lowest BCUT2D eigenvalue weighted by atomic mass is 10.3. The van der Waals surface area contributed by atoms with Crippen molar-refractivity contribution in [3.8, 4) is 0 Å². The quantitative estimate of drug-likeness (QED) is 0.673. The first kappa shape index (κ1) is 9.95. The maximum atomic E-state index is 5.72. The molecule has 0 aliphatic carbocycles. The Morgan fingerprint density at radius 2 is 2.31 bits per heavy atom. The lowest BCUT2D eigenvalue weighted by Crippen LogP contribution is -2.40. The van der Waals surface area contributed by atoms with E-state index in [4.69, 9.17) is 11.5 Å². The number of aromatic nitrogens is 1. The van der Waals surface area contributed by atoms with Crippen LogP contribution < -0.4 is 16.4 Å². The third kappa shape index (κ3) is 3.01. The van der Waals surface area contributed by atoms with Gasteiger partial charge in [-0.05, 0) is 12.1 Å². The van der Waals surface area contributed by atoms with E-state index >= 15 is 0 Å². The second-order valence-corrected chi connectivity index (χ2v) is 3.06. The third-order valence-electron chi connectivity index (χ3n) is 1.85. The molecule has 72 valence electrons. The van der Waals surface area contributed by atoms with Gasteiger partial charge in [0, 0.05) is 32.4 Å². The van der Waals surface area contributed by atoms with Crippen molar-refractivity contribution < 1.29 is 0 Å². The second kappa shape index (κ2) is 4.79. The van der Waals surface area contributed by atoms with Gasteiger partial charge >= 0.3 is 0 Å². The average Bonchev–Trinajstić information content (AvgIpc) is 2.19. The fraction of sp³-hybridized carbons (Fsp3) is 0.444. The predicted octanol–water partition coefficient (Wildman–Crippen LogP) is -0.196. The molecular formula is C9H16N4. The van der Waals surface area contributed by atoms with E-state index in [2.05, 4.69) is 4.98 Å². The Kier molecular flexibility index (Phi) is 3.67. The smallest absolute Gasteiger partial charge is 0.128 e. The van der Waals surface area contributed by atoms with Crippen molar-refractivity contribution in [2.75, 3.05) is 25.0 Å². The van der Waals surface area contributed by atoms with Gasteiger partial charge in [-0.25, -0.2) is 4.98 Å². The summed E-state index contributed by atoms with van der Waals surface area (Å²) in [5.41, 5.74) is 11.1. The molecule has 1 rings (SSSR count). The van der Waals surface area contributed by atoms with Gasteiger partial charge in [0.15, 0.2) is 0 Å². The van der Waals surface area contributed by atoms with Crippen LogP contribution in [0.15, 0.2) is 24.4 Å². The number of nitrogens with zero attached hydrogens (tertiary/aromatic N) is 2. The second-order valence-electron chi connectivity index (χ2n) is 3.06. The molecule has 1 heterocycles. The zero-order chi connectivity index (χ0) is 9.68. The minimum absolute atomic E-state index is 0.00649. The van der Waals surface area contributed by atoms with Gasteiger partial charge in [0.05, 0.1) is 0 Å². The number of hydrogen-bond acceptors (Lipinski definition) is 4. The summed E-state index contributed by atoms with van der Waals surface area (Å²) in [5, 5.41) is 0. The van der Waals surface area contributed by atoms with Gasteiger partial charge in [-0.15, -0.1) is 0 Å². The summed E-state index contributed by atoms with van der Waals surface area (Å²) in [6, 6.07) is 5.79. The molecule has 0 aliphatic rings. The average molecular weight is 180 g/mol. The zero-order valence-electron chi connectivity index (χ0n) is 7.85. The van der Waals surface area contributed by atoms with Crippen molar-refractivity contribution in [2.45, 2.75) is 6.04 Å². The number of hydrogen-bond donors (Lipinski definition) is 2. The van der Waals surface area contributed by atoms with Gasteiger partial charge in [-0.2, -0.15) is 0 Å². The summed E-state index contributed by atoms with van der Waals surface area (Å²) >= 11 is 0. The molecular weight excluding hydrogens is 164 g/mol. The Morgan fingerprint density at radius 3 is 2.85 bits per heavy atom. The maximum absolute atomic E-state index is 5.72. The fourth-order valence-electron chi connectivity index (χ4n) is 1.10. The van der Waals surface area contributed by atoms with Crippen LogP contribution in [0.25, 0.3) is 0 Å². The van der Waals surface area contributed by atoms with Crippen LogP contribution in [0.1, 0.15) is 0 Å². The van der Waals surface area contributed by atoms with Crippen LogP contribution in [0.4, 0.5) is 5.82 Å². The highest BCUT2D eigenvalue weighted by Crippen LogP contribution is 2.05. The Labute approximate surface area is 78.6 Å². The molecule has 1 aromatic rings. The minimum atomic E-state index is 0.00649. The van der Waals surface area contributed by atoms with Crippen LogP contribution in [0.5, 0.6) is 0 Å². The molecule has 0 spiro atoms. The van der Waals surface area contributed by atoms with E-state index in [9.17, 15) is 0 Å². The normalized spacial score (nSPS) is 12.5. The first-order valence-electron chi connectivity index (χ1n) is 4.32. The standard InChI is InChI=1S/C9H16N4/c1-13(7-8(11)6-10)9-4-2-3-5-12-9/h2-5,8H,6-7,10-11H2,1H3. The highest BCUT2D eigenvalue weighted by atomic mass is 15.2. The molecule has 0 bridgehead atoms. The van der Waals surface area contributed by atoms with Crippen molar-refractivity contribution in [3.05, 3.63) is 24.4 Å². The van der Waals surface area contributed by atoms with Crippen molar-refractivity contribution in [3.63, 3.8) is 0 Å². The Bertz CT molecular complexity index is 237. The lowest BCUT2D eigenvalue weighted by Gasteiger charge is -2.21. The molecule has 0 saturated heterocycles. The van der Waals surface area contributed by atoms with E-state index in [1.807, 2.05) is 30.1 Å². The van der Waals surface area contributed by atoms with Crippen LogP contribution in [-0.4, -0.2) is 31.2 Å². The largest absolute Gasteiger partial charge is 0.358 e. The molecule has 4 heteroatoms. The van der Waals surface area contributed by atoms with Gasteiger partial charge in [0.25, 0.3) is 0 Å². The fourth-order valence-corrected chi connectivity index (χ4v) is 1.10. The molecule has 4 N–H and O–H groups in total. The summed E-state index contributed by atoms with van der Waals surface area (Å²) in [6.45, 7) is 1.23. The number of rotatable bonds is 4. The van der Waals surface area contributed by atoms with E-state index in [1.165, 1.54) is 0 Å². The first-order valence-corrected chi connectivity index (χ1v) is 4.32. The molecule has 0 radical (unpaired) electrons. The molecule has 4 nitrogen and oxygen atoms in total. The molecule has 13 heavy (non-hydrogen) atoms. The van der Waals surface area contributed by atoms with Crippen LogP contribution >= 0.6 is 0 Å². The van der Waals surface area contributed by atoms with Crippen LogP contribution in [0.2, 0.25) is 0 Å². The number of pyridine rings is 1. The van der Waals surface area contributed by atoms with E-state index in [-0.39, 0.29) is 6.04 Å². The zero-order valence-corrected chi connectivity index (χ0v) is 7.85.